The Morgan fingerprint density at radius 2 is 2.15 bits per heavy atom. The van der Waals surface area contributed by atoms with Gasteiger partial charge in [-0.15, -0.1) is 0 Å². The fraction of sp³-hybridized carbons (Fsp3) is 0.316. The number of hydrogen-bond acceptors (Lipinski definition) is 5. The Kier molecular flexibility index (Phi) is 5.54. The molecule has 3 rings (SSSR count). The lowest BCUT2D eigenvalue weighted by molar-refractivity contribution is 0.0927. The predicted octanol–water partition coefficient (Wildman–Crippen LogP) is 3.41. The molecular formula is C19H21FN4O3. The SMILES string of the molecule is CCn1nccc1C(C)NC(=O)c1noc(C)c1COc1ccccc1F. The Bertz CT molecular complexity index is 935. The maximum atomic E-state index is 13.7. The van der Waals surface area contributed by atoms with Crippen LogP contribution in [0.5, 0.6) is 5.75 Å². The summed E-state index contributed by atoms with van der Waals surface area (Å²) in [4.78, 5) is 12.7. The largest absolute Gasteiger partial charge is 0.486 e. The van der Waals surface area contributed by atoms with Crippen LogP contribution in [0, 0.1) is 12.7 Å². The van der Waals surface area contributed by atoms with Crippen LogP contribution in [0.4, 0.5) is 4.39 Å². The molecule has 8 heteroatoms. The van der Waals surface area contributed by atoms with Gasteiger partial charge < -0.3 is 14.6 Å². The first kappa shape index (κ1) is 18.6. The molecule has 1 unspecified atom stereocenters. The zero-order valence-corrected chi connectivity index (χ0v) is 15.4. The lowest BCUT2D eigenvalue weighted by Crippen LogP contribution is -2.29. The summed E-state index contributed by atoms with van der Waals surface area (Å²) in [5, 5.41) is 10.9. The van der Waals surface area contributed by atoms with E-state index in [4.69, 9.17) is 9.26 Å². The molecule has 0 fully saturated rings. The molecule has 0 aliphatic rings. The zero-order chi connectivity index (χ0) is 19.4. The molecule has 2 heterocycles. The number of rotatable bonds is 7. The molecule has 142 valence electrons. The summed E-state index contributed by atoms with van der Waals surface area (Å²) in [6.45, 7) is 6.20. The lowest BCUT2D eigenvalue weighted by Gasteiger charge is -2.15. The highest BCUT2D eigenvalue weighted by atomic mass is 19.1. The number of aromatic nitrogens is 3. The number of carbonyl (C=O) groups is 1. The Morgan fingerprint density at radius 3 is 2.89 bits per heavy atom. The molecule has 0 bridgehead atoms. The number of carbonyl (C=O) groups excluding carboxylic acids is 1. The van der Waals surface area contributed by atoms with E-state index in [0.717, 1.165) is 5.69 Å². The number of halogens is 1. The molecule has 0 spiro atoms. The molecular weight excluding hydrogens is 351 g/mol. The second-order valence-corrected chi connectivity index (χ2v) is 6.05. The van der Waals surface area contributed by atoms with Crippen molar-refractivity contribution in [2.75, 3.05) is 0 Å². The van der Waals surface area contributed by atoms with Crippen molar-refractivity contribution in [2.24, 2.45) is 0 Å². The maximum absolute atomic E-state index is 13.7. The lowest BCUT2D eigenvalue weighted by atomic mass is 10.1. The predicted molar refractivity (Wildman–Crippen MR) is 95.8 cm³/mol. The molecule has 0 aliphatic heterocycles. The molecule has 2 aromatic heterocycles. The van der Waals surface area contributed by atoms with Crippen molar-refractivity contribution in [2.45, 2.75) is 40.0 Å². The van der Waals surface area contributed by atoms with E-state index in [0.29, 0.717) is 17.9 Å². The fourth-order valence-corrected chi connectivity index (χ4v) is 2.77. The molecule has 3 aromatic rings. The number of benzene rings is 1. The molecule has 1 atom stereocenters. The molecule has 0 saturated carbocycles. The monoisotopic (exact) mass is 372 g/mol. The van der Waals surface area contributed by atoms with Gasteiger partial charge in [0.1, 0.15) is 12.4 Å². The number of ether oxygens (including phenoxy) is 1. The van der Waals surface area contributed by atoms with Crippen LogP contribution in [0.15, 0.2) is 41.1 Å². The number of nitrogens with zero attached hydrogens (tertiary/aromatic N) is 3. The van der Waals surface area contributed by atoms with E-state index in [1.54, 1.807) is 29.9 Å². The number of hydrogen-bond donors (Lipinski definition) is 1. The van der Waals surface area contributed by atoms with Gasteiger partial charge in [-0.3, -0.25) is 9.48 Å². The summed E-state index contributed by atoms with van der Waals surface area (Å²) < 4.78 is 26.2. The van der Waals surface area contributed by atoms with Gasteiger partial charge in [-0.2, -0.15) is 5.10 Å². The van der Waals surface area contributed by atoms with E-state index in [1.807, 2.05) is 19.9 Å². The highest BCUT2D eigenvalue weighted by Gasteiger charge is 2.23. The summed E-state index contributed by atoms with van der Waals surface area (Å²) in [5.41, 5.74) is 1.49. The van der Waals surface area contributed by atoms with Crippen LogP contribution >= 0.6 is 0 Å². The highest BCUT2D eigenvalue weighted by molar-refractivity contribution is 5.94. The van der Waals surface area contributed by atoms with E-state index in [-0.39, 0.29) is 24.1 Å². The van der Waals surface area contributed by atoms with Crippen LogP contribution in [0.1, 0.15) is 47.4 Å². The summed E-state index contributed by atoms with van der Waals surface area (Å²) >= 11 is 0. The van der Waals surface area contributed by atoms with Gasteiger partial charge in [-0.25, -0.2) is 4.39 Å². The van der Waals surface area contributed by atoms with Gasteiger partial charge in [0.15, 0.2) is 17.3 Å². The van der Waals surface area contributed by atoms with Crippen LogP contribution in [0.3, 0.4) is 0 Å². The molecule has 0 aliphatic carbocycles. The average Bonchev–Trinajstić information content (AvgIpc) is 3.27. The van der Waals surface area contributed by atoms with Crippen LogP contribution < -0.4 is 10.1 Å². The van der Waals surface area contributed by atoms with Crippen molar-refractivity contribution in [3.63, 3.8) is 0 Å². The van der Waals surface area contributed by atoms with Crippen LogP contribution in [-0.4, -0.2) is 20.8 Å². The molecule has 0 saturated heterocycles. The first-order valence-corrected chi connectivity index (χ1v) is 8.66. The van der Waals surface area contributed by atoms with Crippen molar-refractivity contribution in [1.29, 1.82) is 0 Å². The zero-order valence-electron chi connectivity index (χ0n) is 15.4. The van der Waals surface area contributed by atoms with E-state index >= 15 is 0 Å². The number of nitrogens with one attached hydrogen (secondary N) is 1. The first-order valence-electron chi connectivity index (χ1n) is 8.66. The smallest absolute Gasteiger partial charge is 0.274 e. The summed E-state index contributed by atoms with van der Waals surface area (Å²) in [6, 6.07) is 7.66. The van der Waals surface area contributed by atoms with E-state index in [9.17, 15) is 9.18 Å². The Labute approximate surface area is 156 Å². The normalized spacial score (nSPS) is 12.0. The minimum absolute atomic E-state index is 0.0275. The summed E-state index contributed by atoms with van der Waals surface area (Å²) in [7, 11) is 0. The standard InChI is InChI=1S/C19H21FN4O3/c1-4-24-16(9-10-21-24)12(2)22-19(25)18-14(13(3)27-23-18)11-26-17-8-6-5-7-15(17)20/h5-10,12H,4,11H2,1-3H3,(H,22,25). The van der Waals surface area contributed by atoms with Crippen molar-refractivity contribution in [3.8, 4) is 5.75 Å². The van der Waals surface area contributed by atoms with Gasteiger partial charge in [0.2, 0.25) is 0 Å². The Balaban J connectivity index is 1.73. The van der Waals surface area contributed by atoms with Gasteiger partial charge in [0, 0.05) is 12.7 Å². The van der Waals surface area contributed by atoms with E-state index in [1.165, 1.54) is 12.1 Å². The number of para-hydroxylation sites is 1. The quantitative estimate of drug-likeness (QED) is 0.687. The van der Waals surface area contributed by atoms with Gasteiger partial charge in [0.25, 0.3) is 5.91 Å². The van der Waals surface area contributed by atoms with Crippen LogP contribution in [0.2, 0.25) is 0 Å². The van der Waals surface area contributed by atoms with Gasteiger partial charge >= 0.3 is 0 Å². The minimum Gasteiger partial charge on any atom is -0.486 e. The highest BCUT2D eigenvalue weighted by Crippen LogP contribution is 2.21. The second-order valence-electron chi connectivity index (χ2n) is 6.05. The van der Waals surface area contributed by atoms with Crippen LogP contribution in [-0.2, 0) is 13.2 Å². The third-order valence-electron chi connectivity index (χ3n) is 4.25. The number of aryl methyl sites for hydroxylation is 2. The second kappa shape index (κ2) is 8.03. The van der Waals surface area contributed by atoms with Crippen molar-refractivity contribution < 1.29 is 18.4 Å². The first-order chi connectivity index (χ1) is 13.0. The van der Waals surface area contributed by atoms with Crippen LogP contribution in [0.25, 0.3) is 0 Å². The van der Waals surface area contributed by atoms with Crippen molar-refractivity contribution >= 4 is 5.91 Å². The minimum atomic E-state index is -0.473. The summed E-state index contributed by atoms with van der Waals surface area (Å²) in [6.07, 6.45) is 1.69. The third-order valence-corrected chi connectivity index (χ3v) is 4.25. The van der Waals surface area contributed by atoms with Crippen molar-refractivity contribution in [1.82, 2.24) is 20.3 Å². The van der Waals surface area contributed by atoms with Gasteiger partial charge in [0.05, 0.1) is 17.3 Å². The Morgan fingerprint density at radius 1 is 1.37 bits per heavy atom. The maximum Gasteiger partial charge on any atom is 0.274 e. The molecule has 27 heavy (non-hydrogen) atoms. The Hall–Kier alpha value is -3.16. The molecule has 1 amide bonds. The fourth-order valence-electron chi connectivity index (χ4n) is 2.77. The van der Waals surface area contributed by atoms with E-state index < -0.39 is 11.7 Å². The molecule has 1 N–H and O–H groups in total. The molecule has 0 radical (unpaired) electrons. The average molecular weight is 372 g/mol. The summed E-state index contributed by atoms with van der Waals surface area (Å²) in [5.74, 6) is -0.318. The number of amides is 1. The molecule has 7 nitrogen and oxygen atoms in total. The topological polar surface area (TPSA) is 82.2 Å². The molecule has 1 aromatic carbocycles. The van der Waals surface area contributed by atoms with Crippen molar-refractivity contribution in [3.05, 3.63) is 65.1 Å². The van der Waals surface area contributed by atoms with Gasteiger partial charge in [-0.05, 0) is 39.0 Å². The van der Waals surface area contributed by atoms with Gasteiger partial charge in [-0.1, -0.05) is 17.3 Å². The third kappa shape index (κ3) is 3.99. The van der Waals surface area contributed by atoms with E-state index in [2.05, 4.69) is 15.6 Å².